The molecule has 0 heterocycles. The van der Waals surface area contributed by atoms with E-state index >= 15 is 0 Å². The van der Waals surface area contributed by atoms with Crippen LogP contribution >= 0.6 is 0 Å². The number of terminal acetylenes is 1. The predicted molar refractivity (Wildman–Crippen MR) is 42.6 cm³/mol. The van der Waals surface area contributed by atoms with E-state index in [1.807, 2.05) is 19.1 Å². The molecule has 0 heteroatoms. The number of aryl methyl sites for hydroxylation is 1. The van der Waals surface area contributed by atoms with Crippen molar-refractivity contribution in [1.29, 1.82) is 0 Å². The van der Waals surface area contributed by atoms with Crippen LogP contribution in [0, 0.1) is 25.3 Å². The Kier molecular flexibility index (Phi) is 2.12. The van der Waals surface area contributed by atoms with Crippen molar-refractivity contribution >= 4 is 0 Å². The topological polar surface area (TPSA) is 0 Å². The molecular formula is C10H9. The van der Waals surface area contributed by atoms with Crippen molar-refractivity contribution in [3.8, 4) is 12.3 Å². The summed E-state index contributed by atoms with van der Waals surface area (Å²) in [6.07, 6.45) is 5.82. The van der Waals surface area contributed by atoms with Gasteiger partial charge in [-0.15, -0.1) is 12.3 Å². The first kappa shape index (κ1) is 6.89. The molecule has 10 heavy (non-hydrogen) atoms. The summed E-state index contributed by atoms with van der Waals surface area (Å²) in [4.78, 5) is 0. The minimum atomic E-state index is 0.682. The van der Waals surface area contributed by atoms with Crippen molar-refractivity contribution in [2.24, 2.45) is 0 Å². The molecule has 0 aliphatic rings. The van der Waals surface area contributed by atoms with E-state index in [-0.39, 0.29) is 0 Å². The maximum absolute atomic E-state index is 5.14. The first-order valence-corrected chi connectivity index (χ1v) is 3.23. The van der Waals surface area contributed by atoms with Crippen molar-refractivity contribution in [3.05, 3.63) is 35.4 Å². The Hall–Kier alpha value is -1.22. The lowest BCUT2D eigenvalue weighted by Gasteiger charge is -1.94. The van der Waals surface area contributed by atoms with E-state index in [1.54, 1.807) is 0 Å². The highest BCUT2D eigenvalue weighted by atomic mass is 13.9. The van der Waals surface area contributed by atoms with E-state index in [1.165, 1.54) is 5.56 Å². The Balaban J connectivity index is 2.87. The van der Waals surface area contributed by atoms with Crippen LogP contribution in [0.3, 0.4) is 0 Å². The summed E-state index contributed by atoms with van der Waals surface area (Å²) in [7, 11) is 0. The van der Waals surface area contributed by atoms with Crippen molar-refractivity contribution in [2.45, 2.75) is 13.3 Å². The first-order chi connectivity index (χ1) is 4.83. The van der Waals surface area contributed by atoms with Gasteiger partial charge in [-0.05, 0) is 18.6 Å². The van der Waals surface area contributed by atoms with E-state index in [0.717, 1.165) is 5.56 Å². The van der Waals surface area contributed by atoms with Crippen LogP contribution in [0.5, 0.6) is 0 Å². The summed E-state index contributed by atoms with van der Waals surface area (Å²) in [5.74, 6) is 2.58. The Morgan fingerprint density at radius 2 is 2.50 bits per heavy atom. The standard InChI is InChI=1S/C10H9/c1-3-5-10-7-4-6-9(2)8-10/h1,4,6,8H,5H2,2H3. The highest BCUT2D eigenvalue weighted by molar-refractivity contribution is 5.23. The molecule has 1 radical (unpaired) electrons. The molecule has 0 aliphatic carbocycles. The van der Waals surface area contributed by atoms with Gasteiger partial charge < -0.3 is 0 Å². The molecule has 0 amide bonds. The Morgan fingerprint density at radius 1 is 1.70 bits per heavy atom. The van der Waals surface area contributed by atoms with Crippen LogP contribution in [0.1, 0.15) is 11.1 Å². The number of hydrogen-bond acceptors (Lipinski definition) is 0. The minimum Gasteiger partial charge on any atom is -0.120 e. The van der Waals surface area contributed by atoms with Gasteiger partial charge in [-0.1, -0.05) is 23.8 Å². The molecule has 0 aliphatic heterocycles. The lowest BCUT2D eigenvalue weighted by atomic mass is 10.1. The van der Waals surface area contributed by atoms with Crippen molar-refractivity contribution < 1.29 is 0 Å². The van der Waals surface area contributed by atoms with Gasteiger partial charge in [0, 0.05) is 6.42 Å². The average Bonchev–Trinajstić information content (AvgIpc) is 1.88. The van der Waals surface area contributed by atoms with Crippen LogP contribution in [-0.2, 0) is 6.42 Å². The van der Waals surface area contributed by atoms with E-state index in [4.69, 9.17) is 6.42 Å². The van der Waals surface area contributed by atoms with Gasteiger partial charge in [-0.2, -0.15) is 0 Å². The summed E-state index contributed by atoms with van der Waals surface area (Å²) < 4.78 is 0. The molecule has 0 N–H and O–H groups in total. The van der Waals surface area contributed by atoms with E-state index in [9.17, 15) is 0 Å². The van der Waals surface area contributed by atoms with Gasteiger partial charge in [0.15, 0.2) is 0 Å². The third kappa shape index (κ3) is 1.63. The first-order valence-electron chi connectivity index (χ1n) is 3.23. The predicted octanol–water partition coefficient (Wildman–Crippen LogP) is 1.97. The number of rotatable bonds is 1. The zero-order chi connectivity index (χ0) is 7.40. The van der Waals surface area contributed by atoms with Crippen LogP contribution < -0.4 is 0 Å². The monoisotopic (exact) mass is 129 g/mol. The zero-order valence-electron chi connectivity index (χ0n) is 6.02. The van der Waals surface area contributed by atoms with Gasteiger partial charge in [-0.3, -0.25) is 0 Å². The van der Waals surface area contributed by atoms with Gasteiger partial charge in [0.05, 0.1) is 0 Å². The molecule has 0 nitrogen and oxygen atoms in total. The van der Waals surface area contributed by atoms with E-state index in [0.29, 0.717) is 6.42 Å². The van der Waals surface area contributed by atoms with Crippen LogP contribution in [0.15, 0.2) is 18.2 Å². The molecule has 1 rings (SSSR count). The van der Waals surface area contributed by atoms with Crippen LogP contribution in [-0.4, -0.2) is 0 Å². The number of benzene rings is 1. The van der Waals surface area contributed by atoms with E-state index in [2.05, 4.69) is 18.1 Å². The minimum absolute atomic E-state index is 0.682. The maximum atomic E-state index is 5.14. The third-order valence-corrected chi connectivity index (χ3v) is 1.31. The summed E-state index contributed by atoms with van der Waals surface area (Å²) in [5, 5.41) is 0. The normalized spacial score (nSPS) is 8.80. The van der Waals surface area contributed by atoms with Gasteiger partial charge in [0.1, 0.15) is 0 Å². The van der Waals surface area contributed by atoms with Gasteiger partial charge in [0.25, 0.3) is 0 Å². The maximum Gasteiger partial charge on any atom is 0.0343 e. The third-order valence-electron chi connectivity index (χ3n) is 1.31. The SMILES string of the molecule is C#CCc1[c]ccc(C)c1. The molecular weight excluding hydrogens is 120 g/mol. The number of hydrogen-bond donors (Lipinski definition) is 0. The second kappa shape index (κ2) is 3.08. The smallest absolute Gasteiger partial charge is 0.0343 e. The van der Waals surface area contributed by atoms with Gasteiger partial charge in [0.2, 0.25) is 0 Å². The lowest BCUT2D eigenvalue weighted by molar-refractivity contribution is 1.28. The molecule has 0 atom stereocenters. The zero-order valence-corrected chi connectivity index (χ0v) is 6.02. The Labute approximate surface area is 61.9 Å². The molecule has 1 aromatic rings. The van der Waals surface area contributed by atoms with Crippen molar-refractivity contribution in [1.82, 2.24) is 0 Å². The van der Waals surface area contributed by atoms with Crippen molar-refractivity contribution in [2.75, 3.05) is 0 Å². The molecule has 0 unspecified atom stereocenters. The van der Waals surface area contributed by atoms with Crippen LogP contribution in [0.2, 0.25) is 0 Å². The molecule has 0 saturated carbocycles. The van der Waals surface area contributed by atoms with Crippen LogP contribution in [0.25, 0.3) is 0 Å². The fourth-order valence-electron chi connectivity index (χ4n) is 0.857. The summed E-state index contributed by atoms with van der Waals surface area (Å²) in [6, 6.07) is 9.04. The Bertz CT molecular complexity index is 253. The second-order valence-corrected chi connectivity index (χ2v) is 2.27. The van der Waals surface area contributed by atoms with Crippen molar-refractivity contribution in [3.63, 3.8) is 0 Å². The molecule has 0 saturated heterocycles. The quantitative estimate of drug-likeness (QED) is 0.508. The second-order valence-electron chi connectivity index (χ2n) is 2.27. The summed E-state index contributed by atoms with van der Waals surface area (Å²) >= 11 is 0. The molecule has 0 fully saturated rings. The molecule has 49 valence electrons. The fourth-order valence-corrected chi connectivity index (χ4v) is 0.857. The molecule has 1 aromatic carbocycles. The lowest BCUT2D eigenvalue weighted by Crippen LogP contribution is -1.81. The van der Waals surface area contributed by atoms with Gasteiger partial charge in [-0.25, -0.2) is 0 Å². The van der Waals surface area contributed by atoms with E-state index < -0.39 is 0 Å². The highest BCUT2D eigenvalue weighted by Gasteiger charge is 1.88. The van der Waals surface area contributed by atoms with Crippen LogP contribution in [0.4, 0.5) is 0 Å². The molecule has 0 bridgehead atoms. The highest BCUT2D eigenvalue weighted by Crippen LogP contribution is 2.02. The summed E-state index contributed by atoms with van der Waals surface area (Å²) in [6.45, 7) is 2.05. The molecule has 0 aromatic heterocycles. The van der Waals surface area contributed by atoms with Gasteiger partial charge >= 0.3 is 0 Å². The average molecular weight is 129 g/mol. The largest absolute Gasteiger partial charge is 0.120 e. The summed E-state index contributed by atoms with van der Waals surface area (Å²) in [5.41, 5.74) is 2.34. The fraction of sp³-hybridized carbons (Fsp3) is 0.200. The Morgan fingerprint density at radius 3 is 3.10 bits per heavy atom. The molecule has 0 spiro atoms.